The molecular formula is C16H26N2O2. The molecule has 1 rings (SSSR count). The molecule has 1 aromatic carbocycles. The number of ether oxygens (including phenoxy) is 1. The zero-order valence-electron chi connectivity index (χ0n) is 12.7. The number of benzene rings is 1. The number of anilines is 1. The van der Waals surface area contributed by atoms with E-state index in [0.29, 0.717) is 13.0 Å². The molecule has 20 heavy (non-hydrogen) atoms. The van der Waals surface area contributed by atoms with Gasteiger partial charge < -0.3 is 15.8 Å². The fraction of sp³-hybridized carbons (Fsp3) is 0.562. The van der Waals surface area contributed by atoms with Crippen LogP contribution in [-0.4, -0.2) is 18.1 Å². The zero-order valence-corrected chi connectivity index (χ0v) is 12.7. The Bertz CT molecular complexity index is 407. The van der Waals surface area contributed by atoms with Gasteiger partial charge >= 0.3 is 0 Å². The van der Waals surface area contributed by atoms with E-state index in [9.17, 15) is 4.79 Å². The SMILES string of the molecule is CC(C)(C)Oc1ccc(NC(=O)CCCCCN)cc1. The molecule has 0 aromatic heterocycles. The molecule has 0 atom stereocenters. The molecule has 1 amide bonds. The Labute approximate surface area is 121 Å². The van der Waals surface area contributed by atoms with Crippen molar-refractivity contribution < 1.29 is 9.53 Å². The summed E-state index contributed by atoms with van der Waals surface area (Å²) in [5.41, 5.74) is 6.00. The van der Waals surface area contributed by atoms with Gasteiger partial charge in [-0.2, -0.15) is 0 Å². The minimum absolute atomic E-state index is 0.0477. The van der Waals surface area contributed by atoms with E-state index in [0.717, 1.165) is 30.7 Å². The first-order chi connectivity index (χ1) is 9.40. The Morgan fingerprint density at radius 2 is 1.80 bits per heavy atom. The fourth-order valence-electron chi connectivity index (χ4n) is 1.79. The van der Waals surface area contributed by atoms with Gasteiger partial charge in [-0.15, -0.1) is 0 Å². The molecule has 0 aliphatic heterocycles. The number of hydrogen-bond donors (Lipinski definition) is 2. The molecule has 0 aliphatic rings. The molecule has 0 heterocycles. The predicted octanol–water partition coefficient (Wildman–Crippen LogP) is 3.32. The van der Waals surface area contributed by atoms with Crippen LogP contribution >= 0.6 is 0 Å². The highest BCUT2D eigenvalue weighted by Crippen LogP contribution is 2.20. The van der Waals surface area contributed by atoms with E-state index >= 15 is 0 Å². The lowest BCUT2D eigenvalue weighted by Crippen LogP contribution is -2.22. The quantitative estimate of drug-likeness (QED) is 0.752. The maximum atomic E-state index is 11.7. The lowest BCUT2D eigenvalue weighted by atomic mass is 10.2. The Hall–Kier alpha value is -1.55. The fourth-order valence-corrected chi connectivity index (χ4v) is 1.79. The number of unbranched alkanes of at least 4 members (excludes halogenated alkanes) is 2. The number of amides is 1. The van der Waals surface area contributed by atoms with Gasteiger partial charge in [0.15, 0.2) is 0 Å². The van der Waals surface area contributed by atoms with Crippen LogP contribution in [0.5, 0.6) is 5.75 Å². The second kappa shape index (κ2) is 7.90. The molecule has 0 saturated carbocycles. The highest BCUT2D eigenvalue weighted by Gasteiger charge is 2.11. The molecule has 0 aliphatic carbocycles. The highest BCUT2D eigenvalue weighted by molar-refractivity contribution is 5.90. The van der Waals surface area contributed by atoms with Crippen LogP contribution in [0.1, 0.15) is 46.5 Å². The first kappa shape index (κ1) is 16.5. The predicted molar refractivity (Wildman–Crippen MR) is 83.0 cm³/mol. The number of nitrogens with one attached hydrogen (secondary N) is 1. The molecule has 0 bridgehead atoms. The van der Waals surface area contributed by atoms with Crippen molar-refractivity contribution in [2.75, 3.05) is 11.9 Å². The number of carbonyl (C=O) groups excluding carboxylic acids is 1. The van der Waals surface area contributed by atoms with Gasteiger partial charge in [0.25, 0.3) is 0 Å². The van der Waals surface area contributed by atoms with E-state index < -0.39 is 0 Å². The lowest BCUT2D eigenvalue weighted by Gasteiger charge is -2.21. The van der Waals surface area contributed by atoms with Crippen molar-refractivity contribution in [3.05, 3.63) is 24.3 Å². The summed E-state index contributed by atoms with van der Waals surface area (Å²) >= 11 is 0. The summed E-state index contributed by atoms with van der Waals surface area (Å²) in [6.07, 6.45) is 3.41. The van der Waals surface area contributed by atoms with E-state index in [-0.39, 0.29) is 11.5 Å². The smallest absolute Gasteiger partial charge is 0.224 e. The van der Waals surface area contributed by atoms with Crippen molar-refractivity contribution in [1.29, 1.82) is 0 Å². The molecule has 0 spiro atoms. The second-order valence-electron chi connectivity index (χ2n) is 5.89. The van der Waals surface area contributed by atoms with Crippen molar-refractivity contribution in [2.45, 2.75) is 52.1 Å². The van der Waals surface area contributed by atoms with Crippen LogP contribution in [0.4, 0.5) is 5.69 Å². The Balaban J connectivity index is 2.39. The van der Waals surface area contributed by atoms with Crippen LogP contribution in [-0.2, 0) is 4.79 Å². The van der Waals surface area contributed by atoms with Crippen molar-refractivity contribution >= 4 is 11.6 Å². The summed E-state index contributed by atoms with van der Waals surface area (Å²) in [5.74, 6) is 0.852. The van der Waals surface area contributed by atoms with Crippen molar-refractivity contribution in [1.82, 2.24) is 0 Å². The minimum Gasteiger partial charge on any atom is -0.488 e. The summed E-state index contributed by atoms with van der Waals surface area (Å²) in [7, 11) is 0. The Morgan fingerprint density at radius 1 is 1.15 bits per heavy atom. The van der Waals surface area contributed by atoms with E-state index in [1.807, 2.05) is 45.0 Å². The average molecular weight is 278 g/mol. The van der Waals surface area contributed by atoms with Gasteiger partial charge in [-0.05, 0) is 64.4 Å². The van der Waals surface area contributed by atoms with E-state index in [1.54, 1.807) is 0 Å². The van der Waals surface area contributed by atoms with Crippen LogP contribution in [0.2, 0.25) is 0 Å². The zero-order chi connectivity index (χ0) is 15.0. The average Bonchev–Trinajstić information content (AvgIpc) is 2.35. The number of carbonyl (C=O) groups is 1. The van der Waals surface area contributed by atoms with Gasteiger partial charge in [0.05, 0.1) is 0 Å². The first-order valence-electron chi connectivity index (χ1n) is 7.20. The van der Waals surface area contributed by atoms with Gasteiger partial charge in [0.2, 0.25) is 5.91 Å². The highest BCUT2D eigenvalue weighted by atomic mass is 16.5. The van der Waals surface area contributed by atoms with Gasteiger partial charge in [0.1, 0.15) is 11.4 Å². The summed E-state index contributed by atoms with van der Waals surface area (Å²) in [5, 5.41) is 2.88. The Kier molecular flexibility index (Phi) is 6.52. The van der Waals surface area contributed by atoms with Gasteiger partial charge in [-0.1, -0.05) is 6.42 Å². The summed E-state index contributed by atoms with van der Waals surface area (Å²) in [4.78, 5) is 11.7. The molecule has 4 nitrogen and oxygen atoms in total. The second-order valence-corrected chi connectivity index (χ2v) is 5.89. The maximum Gasteiger partial charge on any atom is 0.224 e. The monoisotopic (exact) mass is 278 g/mol. The van der Waals surface area contributed by atoms with Crippen LogP contribution < -0.4 is 15.8 Å². The van der Waals surface area contributed by atoms with Crippen LogP contribution in [0.15, 0.2) is 24.3 Å². The third-order valence-corrected chi connectivity index (χ3v) is 2.67. The number of hydrogen-bond acceptors (Lipinski definition) is 3. The third-order valence-electron chi connectivity index (χ3n) is 2.67. The van der Waals surface area contributed by atoms with E-state index in [4.69, 9.17) is 10.5 Å². The van der Waals surface area contributed by atoms with E-state index in [2.05, 4.69) is 5.32 Å². The molecule has 0 fully saturated rings. The standard InChI is InChI=1S/C16H26N2O2/c1-16(2,3)20-14-10-8-13(9-11-14)18-15(19)7-5-4-6-12-17/h8-11H,4-7,12,17H2,1-3H3,(H,18,19). The molecule has 0 radical (unpaired) electrons. The molecule has 112 valence electrons. The Morgan fingerprint density at radius 3 is 2.35 bits per heavy atom. The van der Waals surface area contributed by atoms with Gasteiger partial charge in [0, 0.05) is 12.1 Å². The third kappa shape index (κ3) is 7.14. The largest absolute Gasteiger partial charge is 0.488 e. The molecule has 0 unspecified atom stereocenters. The molecule has 4 heteroatoms. The molecule has 1 aromatic rings. The van der Waals surface area contributed by atoms with Crippen LogP contribution in [0, 0.1) is 0 Å². The molecular weight excluding hydrogens is 252 g/mol. The summed E-state index contributed by atoms with van der Waals surface area (Å²) in [6.45, 7) is 6.70. The minimum atomic E-state index is -0.215. The summed E-state index contributed by atoms with van der Waals surface area (Å²) in [6, 6.07) is 7.46. The maximum absolute atomic E-state index is 11.7. The van der Waals surface area contributed by atoms with Crippen molar-refractivity contribution in [3.63, 3.8) is 0 Å². The van der Waals surface area contributed by atoms with Gasteiger partial charge in [-0.25, -0.2) is 0 Å². The molecule has 0 saturated heterocycles. The van der Waals surface area contributed by atoms with Crippen molar-refractivity contribution in [2.24, 2.45) is 5.73 Å². The normalized spacial score (nSPS) is 11.2. The van der Waals surface area contributed by atoms with Crippen molar-refractivity contribution in [3.8, 4) is 5.75 Å². The van der Waals surface area contributed by atoms with Crippen LogP contribution in [0.25, 0.3) is 0 Å². The topological polar surface area (TPSA) is 64.3 Å². The first-order valence-corrected chi connectivity index (χ1v) is 7.20. The van der Waals surface area contributed by atoms with Crippen LogP contribution in [0.3, 0.4) is 0 Å². The number of rotatable bonds is 7. The molecule has 3 N–H and O–H groups in total. The number of nitrogens with two attached hydrogens (primary N) is 1. The van der Waals surface area contributed by atoms with Gasteiger partial charge in [-0.3, -0.25) is 4.79 Å². The lowest BCUT2D eigenvalue weighted by molar-refractivity contribution is -0.116. The summed E-state index contributed by atoms with van der Waals surface area (Å²) < 4.78 is 5.73. The van der Waals surface area contributed by atoms with E-state index in [1.165, 1.54) is 0 Å².